The molecular formula is C16H33NO2S. The molecule has 0 aromatic carbocycles. The van der Waals surface area contributed by atoms with Gasteiger partial charge in [-0.3, -0.25) is 0 Å². The van der Waals surface area contributed by atoms with Gasteiger partial charge in [0.15, 0.2) is 0 Å². The normalized spacial score (nSPS) is 20.3. The Morgan fingerprint density at radius 1 is 1.10 bits per heavy atom. The zero-order valence-electron chi connectivity index (χ0n) is 13.4. The SMILES string of the molecule is CCCNC(CCCS(C)(=O)=O)C1CCCCCCC1. The van der Waals surface area contributed by atoms with E-state index in [1.807, 2.05) is 0 Å². The Kier molecular flexibility index (Phi) is 8.78. The summed E-state index contributed by atoms with van der Waals surface area (Å²) in [6.45, 7) is 3.25. The van der Waals surface area contributed by atoms with E-state index >= 15 is 0 Å². The Morgan fingerprint density at radius 3 is 2.25 bits per heavy atom. The first-order valence-electron chi connectivity index (χ1n) is 8.44. The minimum atomic E-state index is -2.81. The van der Waals surface area contributed by atoms with Crippen LogP contribution >= 0.6 is 0 Å². The maximum Gasteiger partial charge on any atom is 0.147 e. The highest BCUT2D eigenvalue weighted by molar-refractivity contribution is 7.90. The Bertz CT molecular complexity index is 332. The average Bonchev–Trinajstić information content (AvgIpc) is 2.32. The van der Waals surface area contributed by atoms with Crippen molar-refractivity contribution in [3.8, 4) is 0 Å². The van der Waals surface area contributed by atoms with Crippen LogP contribution in [0.1, 0.15) is 71.1 Å². The molecule has 0 bridgehead atoms. The summed E-state index contributed by atoms with van der Waals surface area (Å²) in [6, 6.07) is 0.523. The zero-order chi connectivity index (χ0) is 14.8. The van der Waals surface area contributed by atoms with Crippen molar-refractivity contribution in [1.29, 1.82) is 0 Å². The lowest BCUT2D eigenvalue weighted by Crippen LogP contribution is -2.37. The molecule has 3 nitrogen and oxygen atoms in total. The number of rotatable bonds is 8. The summed E-state index contributed by atoms with van der Waals surface area (Å²) < 4.78 is 22.6. The second-order valence-corrected chi connectivity index (χ2v) is 8.70. The molecule has 1 rings (SSSR count). The van der Waals surface area contributed by atoms with E-state index in [0.717, 1.165) is 31.7 Å². The van der Waals surface area contributed by atoms with Gasteiger partial charge < -0.3 is 5.32 Å². The molecule has 0 heterocycles. The molecule has 1 unspecified atom stereocenters. The lowest BCUT2D eigenvalue weighted by atomic mass is 9.84. The number of hydrogen-bond donors (Lipinski definition) is 1. The molecule has 0 spiro atoms. The van der Waals surface area contributed by atoms with E-state index in [0.29, 0.717) is 11.8 Å². The van der Waals surface area contributed by atoms with E-state index in [2.05, 4.69) is 12.2 Å². The van der Waals surface area contributed by atoms with E-state index in [4.69, 9.17) is 0 Å². The molecule has 0 amide bonds. The molecule has 0 aliphatic heterocycles. The van der Waals surface area contributed by atoms with Gasteiger partial charge in [-0.05, 0) is 44.6 Å². The molecule has 1 saturated carbocycles. The highest BCUT2D eigenvalue weighted by Gasteiger charge is 2.21. The predicted octanol–water partition coefficient (Wildman–Crippen LogP) is 3.54. The molecule has 20 heavy (non-hydrogen) atoms. The van der Waals surface area contributed by atoms with Crippen LogP contribution in [-0.2, 0) is 9.84 Å². The van der Waals surface area contributed by atoms with Crippen LogP contribution in [0.2, 0.25) is 0 Å². The molecule has 1 N–H and O–H groups in total. The van der Waals surface area contributed by atoms with Crippen LogP contribution in [0.4, 0.5) is 0 Å². The van der Waals surface area contributed by atoms with Gasteiger partial charge in [-0.1, -0.05) is 39.0 Å². The smallest absolute Gasteiger partial charge is 0.147 e. The van der Waals surface area contributed by atoms with Crippen LogP contribution in [0.3, 0.4) is 0 Å². The van der Waals surface area contributed by atoms with Crippen molar-refractivity contribution in [2.45, 2.75) is 77.2 Å². The zero-order valence-corrected chi connectivity index (χ0v) is 14.2. The fraction of sp³-hybridized carbons (Fsp3) is 1.00. The summed E-state index contributed by atoms with van der Waals surface area (Å²) in [4.78, 5) is 0. The maximum atomic E-state index is 11.3. The maximum absolute atomic E-state index is 11.3. The lowest BCUT2D eigenvalue weighted by Gasteiger charge is -2.30. The minimum absolute atomic E-state index is 0.337. The van der Waals surface area contributed by atoms with Crippen molar-refractivity contribution in [3.05, 3.63) is 0 Å². The third-order valence-electron chi connectivity index (χ3n) is 4.41. The van der Waals surface area contributed by atoms with Crippen molar-refractivity contribution in [3.63, 3.8) is 0 Å². The predicted molar refractivity (Wildman–Crippen MR) is 86.8 cm³/mol. The Hall–Kier alpha value is -0.0900. The fourth-order valence-corrected chi connectivity index (χ4v) is 3.98. The minimum Gasteiger partial charge on any atom is -0.314 e. The van der Waals surface area contributed by atoms with Crippen LogP contribution in [0.5, 0.6) is 0 Å². The fourth-order valence-electron chi connectivity index (χ4n) is 3.29. The third-order valence-corrected chi connectivity index (χ3v) is 5.44. The first-order chi connectivity index (χ1) is 9.53. The van der Waals surface area contributed by atoms with E-state index in [9.17, 15) is 8.42 Å². The van der Waals surface area contributed by atoms with Gasteiger partial charge in [-0.25, -0.2) is 8.42 Å². The third kappa shape index (κ3) is 8.25. The van der Waals surface area contributed by atoms with Gasteiger partial charge in [0, 0.05) is 18.1 Å². The highest BCUT2D eigenvalue weighted by Crippen LogP contribution is 2.27. The highest BCUT2D eigenvalue weighted by atomic mass is 32.2. The number of hydrogen-bond acceptors (Lipinski definition) is 3. The molecule has 0 aromatic heterocycles. The lowest BCUT2D eigenvalue weighted by molar-refractivity contribution is 0.272. The number of nitrogens with one attached hydrogen (secondary N) is 1. The van der Waals surface area contributed by atoms with E-state index < -0.39 is 9.84 Å². The summed E-state index contributed by atoms with van der Waals surface area (Å²) in [5, 5.41) is 3.68. The van der Waals surface area contributed by atoms with E-state index in [1.54, 1.807) is 0 Å². The monoisotopic (exact) mass is 303 g/mol. The van der Waals surface area contributed by atoms with Crippen molar-refractivity contribution in [2.75, 3.05) is 18.6 Å². The van der Waals surface area contributed by atoms with Crippen LogP contribution in [-0.4, -0.2) is 33.0 Å². The largest absolute Gasteiger partial charge is 0.314 e. The van der Waals surface area contributed by atoms with Crippen molar-refractivity contribution in [2.24, 2.45) is 5.92 Å². The van der Waals surface area contributed by atoms with Gasteiger partial charge in [0.2, 0.25) is 0 Å². The molecule has 1 fully saturated rings. The van der Waals surface area contributed by atoms with Crippen molar-refractivity contribution >= 4 is 9.84 Å². The first kappa shape index (κ1) is 18.0. The molecular weight excluding hydrogens is 270 g/mol. The molecule has 0 radical (unpaired) electrons. The van der Waals surface area contributed by atoms with Crippen LogP contribution in [0.15, 0.2) is 0 Å². The van der Waals surface area contributed by atoms with Crippen LogP contribution in [0, 0.1) is 5.92 Å². The first-order valence-corrected chi connectivity index (χ1v) is 10.5. The summed E-state index contributed by atoms with van der Waals surface area (Å²) >= 11 is 0. The van der Waals surface area contributed by atoms with Gasteiger partial charge in [0.25, 0.3) is 0 Å². The molecule has 120 valence electrons. The summed E-state index contributed by atoms with van der Waals surface area (Å²) in [6.07, 6.45) is 13.8. The van der Waals surface area contributed by atoms with Crippen LogP contribution in [0.25, 0.3) is 0 Å². The topological polar surface area (TPSA) is 46.2 Å². The standard InChI is InChI=1S/C16H33NO2S/c1-3-13-17-16(12-9-14-20(2,18)19)15-10-7-5-4-6-8-11-15/h15-17H,3-14H2,1-2H3. The number of sulfone groups is 1. The van der Waals surface area contributed by atoms with Crippen molar-refractivity contribution < 1.29 is 8.42 Å². The summed E-state index contributed by atoms with van der Waals surface area (Å²) in [5.41, 5.74) is 0. The molecule has 4 heteroatoms. The van der Waals surface area contributed by atoms with Gasteiger partial charge in [0.1, 0.15) is 9.84 Å². The molecule has 1 atom stereocenters. The van der Waals surface area contributed by atoms with Crippen LogP contribution < -0.4 is 5.32 Å². The summed E-state index contributed by atoms with van der Waals surface area (Å²) in [5.74, 6) is 1.09. The Balaban J connectivity index is 2.47. The van der Waals surface area contributed by atoms with E-state index in [-0.39, 0.29) is 0 Å². The quantitative estimate of drug-likeness (QED) is 0.746. The van der Waals surface area contributed by atoms with E-state index in [1.165, 1.54) is 51.2 Å². The van der Waals surface area contributed by atoms with Gasteiger partial charge in [0.05, 0.1) is 0 Å². The molecule has 1 aliphatic carbocycles. The van der Waals surface area contributed by atoms with Gasteiger partial charge in [-0.2, -0.15) is 0 Å². The van der Waals surface area contributed by atoms with Gasteiger partial charge >= 0.3 is 0 Å². The average molecular weight is 304 g/mol. The Labute approximate surface area is 125 Å². The summed E-state index contributed by atoms with van der Waals surface area (Å²) in [7, 11) is -2.81. The second-order valence-electron chi connectivity index (χ2n) is 6.44. The second kappa shape index (κ2) is 9.78. The molecule has 1 aliphatic rings. The Morgan fingerprint density at radius 2 is 1.70 bits per heavy atom. The van der Waals surface area contributed by atoms with Crippen molar-refractivity contribution in [1.82, 2.24) is 5.32 Å². The molecule has 0 aromatic rings. The van der Waals surface area contributed by atoms with Gasteiger partial charge in [-0.15, -0.1) is 0 Å². The molecule has 0 saturated heterocycles.